The zero-order valence-corrected chi connectivity index (χ0v) is 11.8. The molecule has 5 nitrogen and oxygen atoms in total. The first-order valence-corrected chi connectivity index (χ1v) is 6.92. The van der Waals surface area contributed by atoms with Crippen molar-refractivity contribution < 1.29 is 14.6 Å². The van der Waals surface area contributed by atoms with Crippen LogP contribution in [0.4, 0.5) is 0 Å². The largest absolute Gasteiger partial charge is 0.492 e. The molecule has 0 radical (unpaired) electrons. The zero-order valence-electron chi connectivity index (χ0n) is 10.9. The minimum atomic E-state index is -0.993. The molecule has 2 aromatic heterocycles. The zero-order chi connectivity index (χ0) is 14.4. The van der Waals surface area contributed by atoms with Crippen molar-refractivity contribution >= 4 is 23.4 Å². The molecule has 0 aliphatic rings. The van der Waals surface area contributed by atoms with Gasteiger partial charge in [-0.05, 0) is 25.1 Å². The summed E-state index contributed by atoms with van der Waals surface area (Å²) in [5.41, 5.74) is 3.46. The highest BCUT2D eigenvalue weighted by molar-refractivity contribution is 7.09. The first kappa shape index (κ1) is 14.2. The molecule has 2 heterocycles. The number of hydrogen-bond donors (Lipinski definition) is 1. The minimum absolute atomic E-state index is 0.565. The fourth-order valence-corrected chi connectivity index (χ4v) is 2.32. The number of aliphatic carboxylic acids is 1. The predicted molar refractivity (Wildman–Crippen MR) is 77.0 cm³/mol. The van der Waals surface area contributed by atoms with Crippen LogP contribution in [0.3, 0.4) is 0 Å². The molecule has 0 aliphatic carbocycles. The van der Waals surface area contributed by atoms with Crippen LogP contribution in [0, 0.1) is 6.92 Å². The maximum Gasteiger partial charge on any atom is 0.328 e. The number of nitrogens with zero attached hydrogens (tertiary/aromatic N) is 2. The molecule has 1 N–H and O–H groups in total. The number of pyridine rings is 1. The Bertz CT molecular complexity index is 605. The standard InChI is InChI=1S/C14H14N2O3S/c1-10-13(20-9-16-10)6-7-19-12-4-2-11(15-8-12)3-5-14(17)18/h2-5,8-9H,6-7H2,1H3,(H,17,18). The quantitative estimate of drug-likeness (QED) is 0.828. The van der Waals surface area contributed by atoms with Crippen molar-refractivity contribution in [2.24, 2.45) is 0 Å². The van der Waals surface area contributed by atoms with Crippen LogP contribution in [0.5, 0.6) is 5.75 Å². The van der Waals surface area contributed by atoms with Crippen LogP contribution in [0.2, 0.25) is 0 Å². The van der Waals surface area contributed by atoms with E-state index in [1.165, 1.54) is 11.0 Å². The first-order valence-electron chi connectivity index (χ1n) is 6.04. The van der Waals surface area contributed by atoms with Crippen molar-refractivity contribution in [3.63, 3.8) is 0 Å². The summed E-state index contributed by atoms with van der Waals surface area (Å²) in [6, 6.07) is 3.49. The van der Waals surface area contributed by atoms with Crippen molar-refractivity contribution in [1.82, 2.24) is 9.97 Å². The third-order valence-corrected chi connectivity index (χ3v) is 3.59. The second kappa shape index (κ2) is 6.81. The van der Waals surface area contributed by atoms with Crippen LogP contribution in [-0.4, -0.2) is 27.7 Å². The Balaban J connectivity index is 1.85. The van der Waals surface area contributed by atoms with E-state index in [2.05, 4.69) is 9.97 Å². The molecule has 0 bridgehead atoms. The Morgan fingerprint density at radius 2 is 2.30 bits per heavy atom. The van der Waals surface area contributed by atoms with Gasteiger partial charge >= 0.3 is 5.97 Å². The molecule has 104 valence electrons. The number of ether oxygens (including phenoxy) is 1. The molecule has 0 saturated carbocycles. The van der Waals surface area contributed by atoms with Gasteiger partial charge in [-0.15, -0.1) is 11.3 Å². The molecule has 6 heteroatoms. The summed E-state index contributed by atoms with van der Waals surface area (Å²) in [7, 11) is 0. The van der Waals surface area contributed by atoms with Gasteiger partial charge in [0, 0.05) is 17.4 Å². The highest BCUT2D eigenvalue weighted by Gasteiger charge is 2.02. The summed E-state index contributed by atoms with van der Waals surface area (Å²) >= 11 is 1.62. The summed E-state index contributed by atoms with van der Waals surface area (Å²) < 4.78 is 5.59. The summed E-state index contributed by atoms with van der Waals surface area (Å²) in [6.07, 6.45) is 4.89. The van der Waals surface area contributed by atoms with Crippen LogP contribution in [0.25, 0.3) is 6.08 Å². The van der Waals surface area contributed by atoms with Gasteiger partial charge in [-0.2, -0.15) is 0 Å². The number of hydrogen-bond acceptors (Lipinski definition) is 5. The van der Waals surface area contributed by atoms with Gasteiger partial charge in [-0.25, -0.2) is 9.78 Å². The predicted octanol–water partition coefficient (Wildman–Crippen LogP) is 2.57. The Labute approximate surface area is 120 Å². The lowest BCUT2D eigenvalue weighted by Gasteiger charge is -2.05. The van der Waals surface area contributed by atoms with Gasteiger partial charge in [0.15, 0.2) is 0 Å². The van der Waals surface area contributed by atoms with Crippen molar-refractivity contribution in [2.75, 3.05) is 6.61 Å². The van der Waals surface area contributed by atoms with E-state index in [1.54, 1.807) is 29.7 Å². The SMILES string of the molecule is Cc1ncsc1CCOc1ccc(C=CC(=O)O)nc1. The fraction of sp³-hybridized carbons (Fsp3) is 0.214. The van der Waals surface area contributed by atoms with Gasteiger partial charge in [0.2, 0.25) is 0 Å². The van der Waals surface area contributed by atoms with Gasteiger partial charge in [0.25, 0.3) is 0 Å². The number of aromatic nitrogens is 2. The number of carboxylic acids is 1. The maximum atomic E-state index is 10.4. The molecule has 20 heavy (non-hydrogen) atoms. The van der Waals surface area contributed by atoms with Crippen LogP contribution in [0.15, 0.2) is 29.9 Å². The van der Waals surface area contributed by atoms with E-state index in [-0.39, 0.29) is 0 Å². The Kier molecular flexibility index (Phi) is 4.84. The molecular weight excluding hydrogens is 276 g/mol. The topological polar surface area (TPSA) is 72.3 Å². The van der Waals surface area contributed by atoms with Gasteiger partial charge in [-0.1, -0.05) is 0 Å². The molecule has 0 atom stereocenters. The number of thiazole rings is 1. The number of carbonyl (C=O) groups is 1. The number of rotatable bonds is 6. The lowest BCUT2D eigenvalue weighted by molar-refractivity contribution is -0.131. The van der Waals surface area contributed by atoms with E-state index in [4.69, 9.17) is 9.84 Å². The normalized spacial score (nSPS) is 10.8. The average Bonchev–Trinajstić information content (AvgIpc) is 2.83. The Morgan fingerprint density at radius 1 is 1.45 bits per heavy atom. The van der Waals surface area contributed by atoms with Crippen LogP contribution < -0.4 is 4.74 Å². The van der Waals surface area contributed by atoms with E-state index < -0.39 is 5.97 Å². The smallest absolute Gasteiger partial charge is 0.328 e. The van der Waals surface area contributed by atoms with Gasteiger partial charge < -0.3 is 9.84 Å². The summed E-state index contributed by atoms with van der Waals surface area (Å²) in [6.45, 7) is 2.55. The lowest BCUT2D eigenvalue weighted by Crippen LogP contribution is -2.01. The van der Waals surface area contributed by atoms with E-state index in [1.807, 2.05) is 12.4 Å². The minimum Gasteiger partial charge on any atom is -0.492 e. The summed E-state index contributed by atoms with van der Waals surface area (Å²) in [5.74, 6) is -0.327. The van der Waals surface area contributed by atoms with Crippen molar-refractivity contribution in [2.45, 2.75) is 13.3 Å². The first-order chi connectivity index (χ1) is 9.65. The lowest BCUT2D eigenvalue weighted by atomic mass is 10.3. The van der Waals surface area contributed by atoms with E-state index in [0.717, 1.165) is 18.2 Å². The van der Waals surface area contributed by atoms with E-state index in [0.29, 0.717) is 18.1 Å². The Morgan fingerprint density at radius 3 is 2.90 bits per heavy atom. The number of carboxylic acid groups (broad SMARTS) is 1. The second-order valence-corrected chi connectivity index (χ2v) is 4.99. The molecule has 0 fully saturated rings. The van der Waals surface area contributed by atoms with Gasteiger partial charge in [0.1, 0.15) is 5.75 Å². The van der Waals surface area contributed by atoms with E-state index >= 15 is 0 Å². The third-order valence-electron chi connectivity index (χ3n) is 2.60. The molecule has 0 spiro atoms. The van der Waals surface area contributed by atoms with Crippen LogP contribution in [-0.2, 0) is 11.2 Å². The van der Waals surface area contributed by atoms with E-state index in [9.17, 15) is 4.79 Å². The van der Waals surface area contributed by atoms with Crippen molar-refractivity contribution in [1.29, 1.82) is 0 Å². The molecule has 2 aromatic rings. The number of aryl methyl sites for hydroxylation is 1. The van der Waals surface area contributed by atoms with Gasteiger partial charge in [0.05, 0.1) is 29.7 Å². The van der Waals surface area contributed by atoms with Gasteiger partial charge in [-0.3, -0.25) is 4.98 Å². The van der Waals surface area contributed by atoms with Crippen molar-refractivity contribution in [3.8, 4) is 5.75 Å². The van der Waals surface area contributed by atoms with Crippen LogP contribution in [0.1, 0.15) is 16.3 Å². The molecule has 0 aromatic carbocycles. The molecule has 0 aliphatic heterocycles. The maximum absolute atomic E-state index is 10.4. The second-order valence-electron chi connectivity index (χ2n) is 4.05. The Hall–Kier alpha value is -2.21. The fourth-order valence-electron chi connectivity index (χ4n) is 1.56. The monoisotopic (exact) mass is 290 g/mol. The van der Waals surface area contributed by atoms with Crippen LogP contribution >= 0.6 is 11.3 Å². The molecule has 0 saturated heterocycles. The molecule has 0 amide bonds. The molecular formula is C14H14N2O3S. The third kappa shape index (κ3) is 4.17. The van der Waals surface area contributed by atoms with Crippen molar-refractivity contribution in [3.05, 3.63) is 46.2 Å². The average molecular weight is 290 g/mol. The highest BCUT2D eigenvalue weighted by atomic mass is 32.1. The summed E-state index contributed by atoms with van der Waals surface area (Å²) in [5, 5.41) is 8.51. The molecule has 0 unspecified atom stereocenters. The molecule has 2 rings (SSSR count). The summed E-state index contributed by atoms with van der Waals surface area (Å²) in [4.78, 5) is 19.9. The highest BCUT2D eigenvalue weighted by Crippen LogP contribution is 2.14.